The maximum absolute atomic E-state index is 13.0. The van der Waals surface area contributed by atoms with Crippen molar-refractivity contribution >= 4 is 93.5 Å². The number of methoxy groups -OCH3 is 2. The number of rotatable bonds is 12. The number of benzene rings is 3. The van der Waals surface area contributed by atoms with Crippen LogP contribution in [0.25, 0.3) is 0 Å². The fraction of sp³-hybridized carbons (Fsp3) is 0.333. The number of aryl methyl sites for hydroxylation is 2. The predicted octanol–water partition coefficient (Wildman–Crippen LogP) is 8.90. The molecule has 2 fully saturated rings. The molecular weight excluding hydrogens is 1100 g/mol. The number of hydrogen-bond donors (Lipinski definition) is 3. The number of aromatic nitrogens is 4. The summed E-state index contributed by atoms with van der Waals surface area (Å²) in [7, 11) is 3.09. The largest absolute Gasteiger partial charge is 0.480 e. The SMILES string of the molecule is C=CC(=O)Cl.C=CC(=O)N1CCc2cc(C(=O)N3CC[C@@H](Cc4ncc(Cl)c(OC)n4)C3)ccc21.C=CC(=O)N1CCc2cc(C(=O)O)ccc21.COc1nc(C[C@@H]2CCNC2)ncc1Cl.Cl.O=C(O)c1ccc2c(c1)CCC2. The zero-order valence-corrected chi connectivity index (χ0v) is 46.9. The highest BCUT2D eigenvalue weighted by Crippen LogP contribution is 2.32. The molecule has 5 aliphatic rings. The Bertz CT molecular complexity index is 3060. The highest BCUT2D eigenvalue weighted by molar-refractivity contribution is 6.66. The number of nitrogens with zero attached hydrogens (tertiary/aromatic N) is 7. The first kappa shape index (κ1) is 62.6. The van der Waals surface area contributed by atoms with Crippen molar-refractivity contribution in [3.63, 3.8) is 0 Å². The number of amides is 3. The third-order valence-corrected chi connectivity index (χ3v) is 14.1. The summed E-state index contributed by atoms with van der Waals surface area (Å²) in [6, 6.07) is 15.8. The van der Waals surface area contributed by atoms with E-state index in [2.05, 4.69) is 45.0 Å². The molecule has 79 heavy (non-hydrogen) atoms. The number of carbonyl (C=O) groups excluding carboxylic acids is 4. The van der Waals surface area contributed by atoms with Crippen LogP contribution >= 0.6 is 47.2 Å². The second kappa shape index (κ2) is 30.2. The standard InChI is InChI=1S/C22H23ClN4O3.C12H11NO3.C10H14ClN3O.C10H10O2.C3H3ClO.ClH/c1-3-20(28)27-9-7-15-11-16(4-5-18(15)27)22(29)26-8-6-14(13-26)10-19-24-12-17(23)21(25-19)30-2;1-2-11(14)13-6-5-8-7-9(12(15)16)3-4-10(8)13;1-15-10-8(11)6-13-9(14-10)4-7-2-3-12-5-7;11-10(12)9-5-4-7-2-1-3-8(7)6-9;1-2-3(4)5;/h3-5,11-12,14H,1,6-10,13H2,2H3;2-4,7H,1,5-6H2,(H,15,16);6-7,12H,2-5H2,1H3;4-6H,1-3H2,(H,11,12);2H,1H2;1H/t14-;;7-;;;/m0.0.../s1. The predicted molar refractivity (Wildman–Crippen MR) is 306 cm³/mol. The van der Waals surface area contributed by atoms with Crippen molar-refractivity contribution in [1.82, 2.24) is 30.2 Å². The van der Waals surface area contributed by atoms with Gasteiger partial charge in [-0.2, -0.15) is 9.97 Å². The van der Waals surface area contributed by atoms with Gasteiger partial charge in [0.25, 0.3) is 5.91 Å². The Morgan fingerprint density at radius 1 is 0.658 bits per heavy atom. The number of carboxylic acid groups (broad SMARTS) is 2. The highest BCUT2D eigenvalue weighted by atomic mass is 35.5. The van der Waals surface area contributed by atoms with Gasteiger partial charge in [0.15, 0.2) is 0 Å². The van der Waals surface area contributed by atoms with Crippen LogP contribution in [0.3, 0.4) is 0 Å². The summed E-state index contributed by atoms with van der Waals surface area (Å²) >= 11 is 16.5. The van der Waals surface area contributed by atoms with Crippen molar-refractivity contribution in [1.29, 1.82) is 0 Å². The number of carboxylic acids is 2. The Morgan fingerprint density at radius 3 is 1.62 bits per heavy atom. The van der Waals surface area contributed by atoms with Crippen LogP contribution in [-0.4, -0.2) is 123 Å². The van der Waals surface area contributed by atoms with Gasteiger partial charge in [-0.3, -0.25) is 19.2 Å². The lowest BCUT2D eigenvalue weighted by Crippen LogP contribution is -2.29. The molecule has 2 atom stereocenters. The Kier molecular flexibility index (Phi) is 24.0. The topological polar surface area (TPSA) is 235 Å². The maximum atomic E-state index is 13.0. The molecule has 10 rings (SSSR count). The minimum atomic E-state index is -0.948. The van der Waals surface area contributed by atoms with E-state index in [0.29, 0.717) is 83.7 Å². The normalized spacial score (nSPS) is 15.9. The Hall–Kier alpha value is -7.22. The molecule has 3 N–H and O–H groups in total. The van der Waals surface area contributed by atoms with Gasteiger partial charge in [0.05, 0.1) is 37.7 Å². The minimum Gasteiger partial charge on any atom is -0.480 e. The first-order valence-electron chi connectivity index (χ1n) is 25.1. The zero-order chi connectivity index (χ0) is 56.5. The summed E-state index contributed by atoms with van der Waals surface area (Å²) < 4.78 is 10.2. The van der Waals surface area contributed by atoms with E-state index in [1.54, 1.807) is 59.6 Å². The third-order valence-electron chi connectivity index (χ3n) is 13.4. The van der Waals surface area contributed by atoms with E-state index < -0.39 is 17.2 Å². The average molecular weight is 1160 g/mol. The van der Waals surface area contributed by atoms with Crippen LogP contribution in [0.2, 0.25) is 10.0 Å². The van der Waals surface area contributed by atoms with Crippen molar-refractivity contribution in [2.24, 2.45) is 11.8 Å². The highest BCUT2D eigenvalue weighted by Gasteiger charge is 2.30. The van der Waals surface area contributed by atoms with E-state index in [9.17, 15) is 28.8 Å². The molecule has 22 heteroatoms. The number of carbonyl (C=O) groups is 6. The van der Waals surface area contributed by atoms with Crippen LogP contribution in [0.4, 0.5) is 11.4 Å². The van der Waals surface area contributed by atoms with E-state index in [1.165, 1.54) is 49.3 Å². The lowest BCUT2D eigenvalue weighted by molar-refractivity contribution is -0.114. The van der Waals surface area contributed by atoms with Gasteiger partial charge in [-0.05, 0) is 170 Å². The van der Waals surface area contributed by atoms with Crippen LogP contribution in [0.1, 0.15) is 84.2 Å². The van der Waals surface area contributed by atoms with Gasteiger partial charge in [0.1, 0.15) is 21.7 Å². The molecule has 0 saturated carbocycles. The van der Waals surface area contributed by atoms with Crippen molar-refractivity contribution in [3.8, 4) is 11.8 Å². The number of nitrogens with one attached hydrogen (secondary N) is 1. The summed E-state index contributed by atoms with van der Waals surface area (Å²) in [4.78, 5) is 89.6. The molecule has 6 heterocycles. The van der Waals surface area contributed by atoms with Crippen LogP contribution in [0, 0.1) is 11.8 Å². The quantitative estimate of drug-likeness (QED) is 0.0781. The van der Waals surface area contributed by atoms with Crippen molar-refractivity contribution in [2.45, 2.75) is 57.8 Å². The molecule has 0 radical (unpaired) electrons. The number of ether oxygens (including phenoxy) is 2. The monoisotopic (exact) mass is 1160 g/mol. The van der Waals surface area contributed by atoms with Crippen molar-refractivity contribution in [2.75, 3.05) is 63.3 Å². The summed E-state index contributed by atoms with van der Waals surface area (Å²) in [5, 5.41) is 21.2. The molecule has 2 saturated heterocycles. The first-order valence-corrected chi connectivity index (χ1v) is 26.2. The third kappa shape index (κ3) is 17.1. The summed E-state index contributed by atoms with van der Waals surface area (Å²) in [6.45, 7) is 14.8. The molecule has 3 aromatic carbocycles. The summed E-state index contributed by atoms with van der Waals surface area (Å²) in [5.41, 5.74) is 7.44. The number of aromatic carboxylic acids is 2. The van der Waals surface area contributed by atoms with Crippen LogP contribution in [0.5, 0.6) is 11.8 Å². The molecule has 4 aliphatic heterocycles. The Labute approximate surface area is 479 Å². The Balaban J connectivity index is 0.000000199. The van der Waals surface area contributed by atoms with Crippen molar-refractivity contribution in [3.05, 3.63) is 166 Å². The average Bonchev–Trinajstić information content (AvgIpc) is 4.36. The smallest absolute Gasteiger partial charge is 0.335 e. The minimum absolute atomic E-state index is 0. The van der Waals surface area contributed by atoms with Gasteiger partial charge in [-0.1, -0.05) is 49.0 Å². The molecule has 5 aromatic rings. The zero-order valence-electron chi connectivity index (χ0n) is 43.8. The molecular formula is C57H62Cl4N8O10. The molecule has 1 aliphatic carbocycles. The lowest BCUT2D eigenvalue weighted by atomic mass is 10.0. The van der Waals surface area contributed by atoms with Crippen LogP contribution in [-0.2, 0) is 52.9 Å². The number of halogens is 4. The number of hydrogen-bond acceptors (Lipinski definition) is 13. The number of anilines is 2. The molecule has 0 unspecified atom stereocenters. The fourth-order valence-electron chi connectivity index (χ4n) is 9.48. The second-order valence-electron chi connectivity index (χ2n) is 18.5. The van der Waals surface area contributed by atoms with Gasteiger partial charge in [0.2, 0.25) is 28.8 Å². The van der Waals surface area contributed by atoms with Gasteiger partial charge in [-0.15, -0.1) is 12.4 Å². The number of fused-ring (bicyclic) bond motifs is 3. The molecule has 418 valence electrons. The lowest BCUT2D eigenvalue weighted by Gasteiger charge is -2.18. The van der Waals surface area contributed by atoms with E-state index in [4.69, 9.17) is 54.5 Å². The second-order valence-corrected chi connectivity index (χ2v) is 19.7. The number of likely N-dealkylation sites (tertiary alicyclic amines) is 1. The van der Waals surface area contributed by atoms with Crippen LogP contribution < -0.4 is 24.6 Å². The van der Waals surface area contributed by atoms with E-state index in [0.717, 1.165) is 79.6 Å². The summed E-state index contributed by atoms with van der Waals surface area (Å²) in [6.07, 6.45) is 15.2. The fourth-order valence-corrected chi connectivity index (χ4v) is 9.82. The molecule has 0 spiro atoms. The van der Waals surface area contributed by atoms with E-state index in [1.807, 2.05) is 23.1 Å². The van der Waals surface area contributed by atoms with Gasteiger partial charge in [-0.25, -0.2) is 19.6 Å². The molecule has 0 bridgehead atoms. The molecule has 18 nitrogen and oxygen atoms in total. The molecule has 3 amide bonds. The van der Waals surface area contributed by atoms with E-state index in [-0.39, 0.29) is 41.6 Å². The maximum Gasteiger partial charge on any atom is 0.335 e. The van der Waals surface area contributed by atoms with Crippen molar-refractivity contribution < 1.29 is 48.5 Å². The van der Waals surface area contributed by atoms with Gasteiger partial charge in [0, 0.05) is 56.0 Å². The number of allylic oxidation sites excluding steroid dienone is 1. The first-order chi connectivity index (χ1) is 37.5. The van der Waals surface area contributed by atoms with Crippen LogP contribution in [0.15, 0.2) is 105 Å². The van der Waals surface area contributed by atoms with Gasteiger partial charge < -0.3 is 39.7 Å². The summed E-state index contributed by atoms with van der Waals surface area (Å²) in [5.74, 6) is 1.21. The van der Waals surface area contributed by atoms with E-state index >= 15 is 0 Å². The molecule has 2 aromatic heterocycles. The van der Waals surface area contributed by atoms with Gasteiger partial charge >= 0.3 is 11.9 Å². The Morgan fingerprint density at radius 2 is 1.14 bits per heavy atom.